The van der Waals surface area contributed by atoms with E-state index in [9.17, 15) is 8.78 Å². The molecule has 0 aromatic heterocycles. The zero-order valence-electron chi connectivity index (χ0n) is 10.3. The highest BCUT2D eigenvalue weighted by Crippen LogP contribution is 2.24. The Hall–Kier alpha value is -2.30. The molecule has 0 bridgehead atoms. The average molecular weight is 265 g/mol. The van der Waals surface area contributed by atoms with Crippen molar-refractivity contribution in [1.82, 2.24) is 0 Å². The summed E-state index contributed by atoms with van der Waals surface area (Å²) in [4.78, 5) is 0. The van der Waals surface area contributed by atoms with E-state index in [1.165, 1.54) is 0 Å². The predicted molar refractivity (Wildman–Crippen MR) is 68.1 cm³/mol. The van der Waals surface area contributed by atoms with E-state index in [2.05, 4.69) is 0 Å². The van der Waals surface area contributed by atoms with Crippen molar-refractivity contribution in [1.29, 1.82) is 0 Å². The van der Waals surface area contributed by atoms with Crippen molar-refractivity contribution in [2.45, 2.75) is 6.61 Å². The number of hydrogen-bond acceptors (Lipinski definition) is 3. The summed E-state index contributed by atoms with van der Waals surface area (Å²) in [5.74, 6) is -0.900. The summed E-state index contributed by atoms with van der Waals surface area (Å²) < 4.78 is 37.0. The van der Waals surface area contributed by atoms with Gasteiger partial charge < -0.3 is 15.2 Å². The summed E-state index contributed by atoms with van der Waals surface area (Å²) in [7, 11) is 1.55. The summed E-state index contributed by atoms with van der Waals surface area (Å²) in [5, 5.41) is 0. The minimum atomic E-state index is -0.706. The van der Waals surface area contributed by atoms with Gasteiger partial charge in [-0.2, -0.15) is 0 Å². The molecular weight excluding hydrogens is 252 g/mol. The van der Waals surface area contributed by atoms with Gasteiger partial charge in [-0.25, -0.2) is 8.78 Å². The number of hydrogen-bond donors (Lipinski definition) is 1. The Morgan fingerprint density at radius 1 is 1.11 bits per heavy atom. The molecule has 0 radical (unpaired) electrons. The Balaban J connectivity index is 2.12. The molecule has 0 saturated heterocycles. The number of halogens is 2. The lowest BCUT2D eigenvalue weighted by Gasteiger charge is -2.09. The molecule has 0 aliphatic heterocycles. The number of benzene rings is 2. The lowest BCUT2D eigenvalue weighted by Crippen LogP contribution is -2.00. The van der Waals surface area contributed by atoms with Gasteiger partial charge in [-0.05, 0) is 17.7 Å². The van der Waals surface area contributed by atoms with Crippen LogP contribution in [0.4, 0.5) is 14.5 Å². The van der Waals surface area contributed by atoms with Crippen LogP contribution in [0.2, 0.25) is 0 Å². The fourth-order valence-corrected chi connectivity index (χ4v) is 1.58. The van der Waals surface area contributed by atoms with Crippen LogP contribution in [0, 0.1) is 11.6 Å². The minimum Gasteiger partial charge on any atom is -0.497 e. The highest BCUT2D eigenvalue weighted by atomic mass is 19.1. The Morgan fingerprint density at radius 2 is 1.89 bits per heavy atom. The van der Waals surface area contributed by atoms with Gasteiger partial charge in [-0.1, -0.05) is 12.1 Å². The quantitative estimate of drug-likeness (QED) is 0.864. The molecule has 0 spiro atoms. The lowest BCUT2D eigenvalue weighted by atomic mass is 10.2. The Kier molecular flexibility index (Phi) is 3.85. The maximum Gasteiger partial charge on any atom is 0.167 e. The molecule has 0 saturated carbocycles. The van der Waals surface area contributed by atoms with Gasteiger partial charge in [0.05, 0.1) is 12.8 Å². The molecule has 0 atom stereocenters. The third kappa shape index (κ3) is 3.13. The first-order valence-corrected chi connectivity index (χ1v) is 5.60. The molecule has 0 aliphatic carbocycles. The van der Waals surface area contributed by atoms with Crippen LogP contribution in [0.1, 0.15) is 5.56 Å². The Morgan fingerprint density at radius 3 is 2.63 bits per heavy atom. The summed E-state index contributed by atoms with van der Waals surface area (Å²) in [6, 6.07) is 8.96. The Bertz CT molecular complexity index is 588. The molecule has 5 heteroatoms. The van der Waals surface area contributed by atoms with E-state index in [1.54, 1.807) is 31.4 Å². The van der Waals surface area contributed by atoms with Crippen molar-refractivity contribution in [2.75, 3.05) is 12.8 Å². The van der Waals surface area contributed by atoms with Gasteiger partial charge in [0.25, 0.3) is 0 Å². The first kappa shape index (κ1) is 13.1. The van der Waals surface area contributed by atoms with Crippen LogP contribution in [-0.4, -0.2) is 7.11 Å². The van der Waals surface area contributed by atoms with Crippen molar-refractivity contribution >= 4 is 5.69 Å². The molecule has 0 amide bonds. The number of methoxy groups -OCH3 is 1. The van der Waals surface area contributed by atoms with E-state index in [4.69, 9.17) is 15.2 Å². The molecule has 0 unspecified atom stereocenters. The van der Waals surface area contributed by atoms with Crippen LogP contribution in [0.15, 0.2) is 36.4 Å². The van der Waals surface area contributed by atoms with Gasteiger partial charge in [-0.15, -0.1) is 0 Å². The molecule has 0 fully saturated rings. The number of anilines is 1. The van der Waals surface area contributed by atoms with Gasteiger partial charge >= 0.3 is 0 Å². The first-order chi connectivity index (χ1) is 9.10. The SMILES string of the molecule is COc1cccc(COc2cc(F)c(N)cc2F)c1. The van der Waals surface area contributed by atoms with Crippen molar-refractivity contribution < 1.29 is 18.3 Å². The normalized spacial score (nSPS) is 10.3. The zero-order chi connectivity index (χ0) is 13.8. The van der Waals surface area contributed by atoms with Gasteiger partial charge in [0.2, 0.25) is 0 Å². The molecular formula is C14H13F2NO2. The van der Waals surface area contributed by atoms with E-state index >= 15 is 0 Å². The predicted octanol–water partition coefficient (Wildman–Crippen LogP) is 3.13. The van der Waals surface area contributed by atoms with E-state index < -0.39 is 11.6 Å². The van der Waals surface area contributed by atoms with Crippen molar-refractivity contribution in [3.8, 4) is 11.5 Å². The topological polar surface area (TPSA) is 44.5 Å². The highest BCUT2D eigenvalue weighted by Gasteiger charge is 2.09. The number of ether oxygens (including phenoxy) is 2. The van der Waals surface area contributed by atoms with Crippen molar-refractivity contribution in [3.05, 3.63) is 53.6 Å². The minimum absolute atomic E-state index is 0.109. The average Bonchev–Trinajstić information content (AvgIpc) is 2.41. The van der Waals surface area contributed by atoms with Crippen molar-refractivity contribution in [2.24, 2.45) is 0 Å². The molecule has 3 nitrogen and oxygen atoms in total. The lowest BCUT2D eigenvalue weighted by molar-refractivity contribution is 0.288. The van der Waals surface area contributed by atoms with Gasteiger partial charge in [-0.3, -0.25) is 0 Å². The van der Waals surface area contributed by atoms with Crippen LogP contribution in [0.5, 0.6) is 11.5 Å². The first-order valence-electron chi connectivity index (χ1n) is 5.60. The largest absolute Gasteiger partial charge is 0.497 e. The molecule has 2 aromatic carbocycles. The van der Waals surface area contributed by atoms with Gasteiger partial charge in [0, 0.05) is 12.1 Å². The Labute approximate surface area is 109 Å². The molecule has 19 heavy (non-hydrogen) atoms. The summed E-state index contributed by atoms with van der Waals surface area (Å²) in [6.07, 6.45) is 0. The number of nitrogens with two attached hydrogens (primary N) is 1. The van der Waals surface area contributed by atoms with Crippen molar-refractivity contribution in [3.63, 3.8) is 0 Å². The van der Waals surface area contributed by atoms with Crippen LogP contribution >= 0.6 is 0 Å². The highest BCUT2D eigenvalue weighted by molar-refractivity contribution is 5.44. The molecule has 0 heterocycles. The van der Waals surface area contributed by atoms with E-state index in [0.29, 0.717) is 5.75 Å². The molecule has 2 rings (SSSR count). The molecule has 2 N–H and O–H groups in total. The fraction of sp³-hybridized carbons (Fsp3) is 0.143. The second kappa shape index (κ2) is 5.56. The molecule has 100 valence electrons. The van der Waals surface area contributed by atoms with E-state index in [0.717, 1.165) is 17.7 Å². The van der Waals surface area contributed by atoms with E-state index in [1.807, 2.05) is 0 Å². The monoisotopic (exact) mass is 265 g/mol. The van der Waals surface area contributed by atoms with Crippen LogP contribution < -0.4 is 15.2 Å². The zero-order valence-corrected chi connectivity index (χ0v) is 10.3. The van der Waals surface area contributed by atoms with Crippen LogP contribution in [0.25, 0.3) is 0 Å². The smallest absolute Gasteiger partial charge is 0.167 e. The molecule has 0 aliphatic rings. The summed E-state index contributed by atoms with van der Waals surface area (Å²) in [6.45, 7) is 0.109. The third-order valence-electron chi connectivity index (χ3n) is 2.58. The van der Waals surface area contributed by atoms with Gasteiger partial charge in [0.15, 0.2) is 11.6 Å². The van der Waals surface area contributed by atoms with Crippen LogP contribution in [-0.2, 0) is 6.61 Å². The van der Waals surface area contributed by atoms with Crippen LogP contribution in [0.3, 0.4) is 0 Å². The fourth-order valence-electron chi connectivity index (χ4n) is 1.58. The van der Waals surface area contributed by atoms with Gasteiger partial charge in [0.1, 0.15) is 18.2 Å². The number of rotatable bonds is 4. The maximum atomic E-state index is 13.5. The summed E-state index contributed by atoms with van der Waals surface area (Å²) >= 11 is 0. The summed E-state index contributed by atoms with van der Waals surface area (Å²) in [5.41, 5.74) is 5.79. The standard InChI is InChI=1S/C14H13F2NO2/c1-18-10-4-2-3-9(5-10)8-19-14-7-11(15)13(17)6-12(14)16/h2-7H,8,17H2,1H3. The second-order valence-electron chi connectivity index (χ2n) is 3.94. The third-order valence-corrected chi connectivity index (χ3v) is 2.58. The maximum absolute atomic E-state index is 13.5. The number of nitrogen functional groups attached to an aromatic ring is 1. The molecule has 2 aromatic rings. The second-order valence-corrected chi connectivity index (χ2v) is 3.94. The van der Waals surface area contributed by atoms with E-state index in [-0.39, 0.29) is 18.0 Å².